The minimum absolute atomic E-state index is 0.0449. The summed E-state index contributed by atoms with van der Waals surface area (Å²) >= 11 is 0. The smallest absolute Gasteiger partial charge is 0.248 e. The molecule has 0 atom stereocenters. The van der Waals surface area contributed by atoms with Gasteiger partial charge in [0.1, 0.15) is 6.61 Å². The molecule has 1 amide bonds. The zero-order valence-electron chi connectivity index (χ0n) is 13.0. The molecule has 1 aliphatic heterocycles. The first-order chi connectivity index (χ1) is 10.7. The van der Waals surface area contributed by atoms with E-state index in [0.29, 0.717) is 13.1 Å². The van der Waals surface area contributed by atoms with Gasteiger partial charge in [-0.1, -0.05) is 12.1 Å². The molecule has 6 heteroatoms. The molecular weight excluding hydrogens is 280 g/mol. The molecule has 1 fully saturated rings. The van der Waals surface area contributed by atoms with Crippen molar-refractivity contribution in [2.24, 2.45) is 0 Å². The summed E-state index contributed by atoms with van der Waals surface area (Å²) in [6, 6.07) is 7.89. The third kappa shape index (κ3) is 2.87. The normalized spacial score (nSPS) is 15.4. The van der Waals surface area contributed by atoms with Gasteiger partial charge in [-0.15, -0.1) is 0 Å². The Bertz CT molecular complexity index is 681. The summed E-state index contributed by atoms with van der Waals surface area (Å²) in [5.74, 6) is 0.959. The molecule has 3 rings (SSSR count). The number of para-hydroxylation sites is 2. The highest BCUT2D eigenvalue weighted by molar-refractivity contribution is 5.78. The van der Waals surface area contributed by atoms with E-state index in [1.807, 2.05) is 36.1 Å². The van der Waals surface area contributed by atoms with Crippen LogP contribution in [0.15, 0.2) is 24.3 Å². The quantitative estimate of drug-likeness (QED) is 0.853. The third-order valence-electron chi connectivity index (χ3n) is 3.92. The largest absolute Gasteiger partial charge is 0.375 e. The summed E-state index contributed by atoms with van der Waals surface area (Å²) < 4.78 is 4.91. The maximum Gasteiger partial charge on any atom is 0.248 e. The van der Waals surface area contributed by atoms with Crippen LogP contribution in [0, 0.1) is 6.92 Å². The number of ether oxygens (including phenoxy) is 1. The van der Waals surface area contributed by atoms with E-state index in [4.69, 9.17) is 9.72 Å². The van der Waals surface area contributed by atoms with Gasteiger partial charge in [-0.2, -0.15) is 0 Å². The van der Waals surface area contributed by atoms with Gasteiger partial charge >= 0.3 is 0 Å². The summed E-state index contributed by atoms with van der Waals surface area (Å²) in [6.45, 7) is 5.05. The first kappa shape index (κ1) is 14.7. The van der Waals surface area contributed by atoms with Crippen LogP contribution in [0.3, 0.4) is 0 Å². The number of rotatable bonds is 3. The van der Waals surface area contributed by atoms with Crippen molar-refractivity contribution in [1.29, 1.82) is 0 Å². The van der Waals surface area contributed by atoms with Crippen LogP contribution >= 0.6 is 0 Å². The Kier molecular flexibility index (Phi) is 4.20. The average Bonchev–Trinajstić information content (AvgIpc) is 2.54. The average molecular weight is 300 g/mol. The maximum atomic E-state index is 11.8. The number of nitrogens with zero attached hydrogens (tertiary/aromatic N) is 4. The highest BCUT2D eigenvalue weighted by Crippen LogP contribution is 2.21. The van der Waals surface area contributed by atoms with E-state index in [1.165, 1.54) is 0 Å². The molecule has 0 bridgehead atoms. The van der Waals surface area contributed by atoms with Gasteiger partial charge in [0.15, 0.2) is 5.82 Å². The van der Waals surface area contributed by atoms with Crippen molar-refractivity contribution >= 4 is 22.8 Å². The number of anilines is 1. The molecular formula is C16H20N4O2. The number of amides is 1. The Morgan fingerprint density at radius 2 is 1.77 bits per heavy atom. The molecule has 0 N–H and O–H groups in total. The van der Waals surface area contributed by atoms with E-state index < -0.39 is 0 Å². The highest BCUT2D eigenvalue weighted by atomic mass is 16.5. The number of piperazine rings is 1. The van der Waals surface area contributed by atoms with Crippen molar-refractivity contribution in [1.82, 2.24) is 14.9 Å². The van der Waals surface area contributed by atoms with Crippen LogP contribution in [0.25, 0.3) is 11.0 Å². The number of aromatic nitrogens is 2. The van der Waals surface area contributed by atoms with Gasteiger partial charge in [0.2, 0.25) is 5.91 Å². The molecule has 1 aromatic heterocycles. The van der Waals surface area contributed by atoms with Gasteiger partial charge in [0, 0.05) is 33.3 Å². The van der Waals surface area contributed by atoms with Crippen LogP contribution in [0.2, 0.25) is 0 Å². The lowest BCUT2D eigenvalue weighted by Gasteiger charge is -2.35. The van der Waals surface area contributed by atoms with E-state index in [0.717, 1.165) is 35.6 Å². The van der Waals surface area contributed by atoms with E-state index in [9.17, 15) is 4.79 Å². The van der Waals surface area contributed by atoms with Gasteiger partial charge in [-0.05, 0) is 19.1 Å². The first-order valence-electron chi connectivity index (χ1n) is 7.44. The maximum absolute atomic E-state index is 11.8. The Hall–Kier alpha value is -2.21. The number of carbonyl (C=O) groups is 1. The number of benzene rings is 1. The molecule has 0 unspecified atom stereocenters. The second kappa shape index (κ2) is 6.27. The number of fused-ring (bicyclic) bond motifs is 1. The summed E-state index contributed by atoms with van der Waals surface area (Å²) in [4.78, 5) is 25.2. The molecule has 0 radical (unpaired) electrons. The first-order valence-corrected chi connectivity index (χ1v) is 7.44. The monoisotopic (exact) mass is 300 g/mol. The zero-order valence-corrected chi connectivity index (χ0v) is 13.0. The number of carbonyl (C=O) groups excluding carboxylic acids is 1. The van der Waals surface area contributed by atoms with Gasteiger partial charge in [-0.25, -0.2) is 9.97 Å². The van der Waals surface area contributed by atoms with E-state index >= 15 is 0 Å². The fourth-order valence-corrected chi connectivity index (χ4v) is 2.76. The second-order valence-corrected chi connectivity index (χ2v) is 5.42. The van der Waals surface area contributed by atoms with Crippen LogP contribution in [-0.4, -0.2) is 60.7 Å². The molecule has 1 aromatic carbocycles. The van der Waals surface area contributed by atoms with Crippen molar-refractivity contribution in [2.45, 2.75) is 6.92 Å². The lowest BCUT2D eigenvalue weighted by atomic mass is 10.2. The minimum Gasteiger partial charge on any atom is -0.375 e. The summed E-state index contributed by atoms with van der Waals surface area (Å²) in [6.07, 6.45) is 0. The molecule has 1 aliphatic rings. The molecule has 22 heavy (non-hydrogen) atoms. The second-order valence-electron chi connectivity index (χ2n) is 5.42. The van der Waals surface area contributed by atoms with Gasteiger partial charge in [-0.3, -0.25) is 4.79 Å². The van der Waals surface area contributed by atoms with Gasteiger partial charge in [0.05, 0.1) is 16.7 Å². The molecule has 6 nitrogen and oxygen atoms in total. The zero-order chi connectivity index (χ0) is 15.5. The highest BCUT2D eigenvalue weighted by Gasteiger charge is 2.23. The number of aryl methyl sites for hydroxylation is 1. The molecule has 2 heterocycles. The Morgan fingerprint density at radius 1 is 1.14 bits per heavy atom. The summed E-state index contributed by atoms with van der Waals surface area (Å²) in [5.41, 5.74) is 2.74. The third-order valence-corrected chi connectivity index (χ3v) is 3.92. The lowest BCUT2D eigenvalue weighted by Crippen LogP contribution is -2.50. The molecule has 2 aromatic rings. The fourth-order valence-electron chi connectivity index (χ4n) is 2.76. The minimum atomic E-state index is 0.0449. The van der Waals surface area contributed by atoms with Crippen LogP contribution in [0.5, 0.6) is 0 Å². The Labute approximate surface area is 129 Å². The van der Waals surface area contributed by atoms with Crippen molar-refractivity contribution in [3.63, 3.8) is 0 Å². The van der Waals surface area contributed by atoms with Crippen LogP contribution in [0.4, 0.5) is 5.82 Å². The molecule has 1 saturated heterocycles. The Morgan fingerprint density at radius 3 is 2.41 bits per heavy atom. The molecule has 116 valence electrons. The van der Waals surface area contributed by atoms with Crippen molar-refractivity contribution in [2.75, 3.05) is 44.8 Å². The Balaban J connectivity index is 1.76. The number of methoxy groups -OCH3 is 1. The van der Waals surface area contributed by atoms with E-state index in [-0.39, 0.29) is 12.5 Å². The summed E-state index contributed by atoms with van der Waals surface area (Å²) in [5, 5.41) is 0. The predicted octanol–water partition coefficient (Wildman–Crippen LogP) is 1.23. The topological polar surface area (TPSA) is 58.6 Å². The standard InChI is InChI=1S/C16H20N4O2/c1-12-16(18-14-6-4-3-5-13(14)17-12)20-9-7-19(8-10-20)15(21)11-22-2/h3-6H,7-11H2,1-2H3. The SMILES string of the molecule is COCC(=O)N1CCN(c2nc3ccccc3nc2C)CC1. The summed E-state index contributed by atoms with van der Waals surface area (Å²) in [7, 11) is 1.54. The lowest BCUT2D eigenvalue weighted by molar-refractivity contribution is -0.135. The van der Waals surface area contributed by atoms with Crippen molar-refractivity contribution in [3.05, 3.63) is 30.0 Å². The molecule has 0 aliphatic carbocycles. The van der Waals surface area contributed by atoms with Gasteiger partial charge < -0.3 is 14.5 Å². The van der Waals surface area contributed by atoms with E-state index in [2.05, 4.69) is 9.88 Å². The molecule has 0 saturated carbocycles. The molecule has 0 spiro atoms. The predicted molar refractivity (Wildman–Crippen MR) is 84.9 cm³/mol. The van der Waals surface area contributed by atoms with Crippen LogP contribution < -0.4 is 4.90 Å². The van der Waals surface area contributed by atoms with Crippen LogP contribution in [-0.2, 0) is 9.53 Å². The van der Waals surface area contributed by atoms with E-state index in [1.54, 1.807) is 7.11 Å². The number of hydrogen-bond donors (Lipinski definition) is 0. The fraction of sp³-hybridized carbons (Fsp3) is 0.438. The van der Waals surface area contributed by atoms with Gasteiger partial charge in [0.25, 0.3) is 0 Å². The van der Waals surface area contributed by atoms with Crippen molar-refractivity contribution in [3.8, 4) is 0 Å². The van der Waals surface area contributed by atoms with Crippen LogP contribution in [0.1, 0.15) is 5.69 Å². The van der Waals surface area contributed by atoms with Crippen molar-refractivity contribution < 1.29 is 9.53 Å². The number of hydrogen-bond acceptors (Lipinski definition) is 5.